The highest BCUT2D eigenvalue weighted by Gasteiger charge is 2.00. The minimum Gasteiger partial charge on any atom is -0.397 e. The Kier molecular flexibility index (Phi) is 1.62. The SMILES string of the molecule is Nc1cnc(C=O)c(F)c1. The van der Waals surface area contributed by atoms with Crippen molar-refractivity contribution in [3.8, 4) is 0 Å². The summed E-state index contributed by atoms with van der Waals surface area (Å²) >= 11 is 0. The highest BCUT2D eigenvalue weighted by atomic mass is 19.1. The molecule has 0 aliphatic carbocycles. The lowest BCUT2D eigenvalue weighted by molar-refractivity contribution is 0.111. The van der Waals surface area contributed by atoms with E-state index in [9.17, 15) is 9.18 Å². The second-order valence-electron chi connectivity index (χ2n) is 1.75. The van der Waals surface area contributed by atoms with Gasteiger partial charge in [0.25, 0.3) is 0 Å². The lowest BCUT2D eigenvalue weighted by Gasteiger charge is -1.93. The molecule has 0 saturated carbocycles. The molecule has 1 aromatic heterocycles. The largest absolute Gasteiger partial charge is 0.397 e. The molecule has 0 atom stereocenters. The summed E-state index contributed by atoms with van der Waals surface area (Å²) in [6.45, 7) is 0. The first-order chi connectivity index (χ1) is 4.74. The maximum atomic E-state index is 12.5. The number of pyridine rings is 1. The van der Waals surface area contributed by atoms with Gasteiger partial charge >= 0.3 is 0 Å². The van der Waals surface area contributed by atoms with E-state index in [1.807, 2.05) is 0 Å². The first kappa shape index (κ1) is 6.67. The van der Waals surface area contributed by atoms with Crippen molar-refractivity contribution < 1.29 is 9.18 Å². The van der Waals surface area contributed by atoms with Crippen LogP contribution in [0.5, 0.6) is 0 Å². The van der Waals surface area contributed by atoms with E-state index in [1.165, 1.54) is 6.20 Å². The summed E-state index contributed by atoms with van der Waals surface area (Å²) in [5.41, 5.74) is 5.16. The van der Waals surface area contributed by atoms with Crippen LogP contribution < -0.4 is 5.73 Å². The Balaban J connectivity index is 3.19. The Morgan fingerprint density at radius 3 is 2.90 bits per heavy atom. The molecule has 1 rings (SSSR count). The number of anilines is 1. The van der Waals surface area contributed by atoms with Gasteiger partial charge < -0.3 is 5.73 Å². The fraction of sp³-hybridized carbons (Fsp3) is 0. The molecule has 10 heavy (non-hydrogen) atoms. The van der Waals surface area contributed by atoms with E-state index in [4.69, 9.17) is 5.73 Å². The van der Waals surface area contributed by atoms with Crippen molar-refractivity contribution in [1.29, 1.82) is 0 Å². The minimum absolute atomic E-state index is 0.211. The van der Waals surface area contributed by atoms with Crippen molar-refractivity contribution in [3.63, 3.8) is 0 Å². The third-order valence-corrected chi connectivity index (χ3v) is 1.00. The topological polar surface area (TPSA) is 56.0 Å². The van der Waals surface area contributed by atoms with Gasteiger partial charge in [-0.05, 0) is 0 Å². The summed E-state index contributed by atoms with van der Waals surface area (Å²) in [5.74, 6) is -0.685. The molecule has 0 radical (unpaired) electrons. The monoisotopic (exact) mass is 140 g/mol. The van der Waals surface area contributed by atoms with Crippen LogP contribution in [0.3, 0.4) is 0 Å². The Morgan fingerprint density at radius 2 is 2.40 bits per heavy atom. The number of carbonyl (C=O) groups excluding carboxylic acids is 1. The standard InChI is InChI=1S/C6H5FN2O/c7-5-1-4(8)2-9-6(5)3-10/h1-3H,8H2. The van der Waals surface area contributed by atoms with Crippen molar-refractivity contribution in [2.75, 3.05) is 5.73 Å². The van der Waals surface area contributed by atoms with Crippen LogP contribution in [0.2, 0.25) is 0 Å². The summed E-state index contributed by atoms with van der Waals surface area (Å²) in [7, 11) is 0. The zero-order valence-electron chi connectivity index (χ0n) is 5.04. The van der Waals surface area contributed by atoms with Gasteiger partial charge in [0.1, 0.15) is 5.69 Å². The molecule has 2 N–H and O–H groups in total. The molecule has 0 unspecified atom stereocenters. The molecule has 0 amide bonds. The third-order valence-electron chi connectivity index (χ3n) is 1.00. The molecule has 0 aliphatic rings. The lowest BCUT2D eigenvalue weighted by atomic mass is 10.3. The van der Waals surface area contributed by atoms with E-state index in [2.05, 4.69) is 4.98 Å². The number of aldehydes is 1. The van der Waals surface area contributed by atoms with Gasteiger partial charge in [0, 0.05) is 6.07 Å². The number of nitrogen functional groups attached to an aromatic ring is 1. The van der Waals surface area contributed by atoms with Crippen molar-refractivity contribution in [2.24, 2.45) is 0 Å². The molecule has 1 aromatic rings. The molecular formula is C6H5FN2O. The molecule has 52 valence electrons. The molecule has 0 aliphatic heterocycles. The number of halogens is 1. The fourth-order valence-electron chi connectivity index (χ4n) is 0.550. The van der Waals surface area contributed by atoms with Crippen LogP contribution in [-0.4, -0.2) is 11.3 Å². The first-order valence-corrected chi connectivity index (χ1v) is 2.60. The molecule has 0 saturated heterocycles. The molecule has 0 fully saturated rings. The second kappa shape index (κ2) is 2.43. The number of hydrogen-bond acceptors (Lipinski definition) is 3. The smallest absolute Gasteiger partial charge is 0.171 e. The maximum Gasteiger partial charge on any atom is 0.171 e. The molecule has 0 spiro atoms. The highest BCUT2D eigenvalue weighted by molar-refractivity contribution is 5.72. The molecule has 0 aromatic carbocycles. The average Bonchev–Trinajstić information content (AvgIpc) is 1.88. The van der Waals surface area contributed by atoms with E-state index < -0.39 is 5.82 Å². The van der Waals surface area contributed by atoms with Crippen molar-refractivity contribution in [3.05, 3.63) is 23.8 Å². The lowest BCUT2D eigenvalue weighted by Crippen LogP contribution is -1.95. The van der Waals surface area contributed by atoms with Crippen LogP contribution in [0.25, 0.3) is 0 Å². The van der Waals surface area contributed by atoms with Crippen molar-refractivity contribution in [2.45, 2.75) is 0 Å². The summed E-state index contributed by atoms with van der Waals surface area (Å²) in [6.07, 6.45) is 1.57. The van der Waals surface area contributed by atoms with Crippen LogP contribution >= 0.6 is 0 Å². The van der Waals surface area contributed by atoms with Gasteiger partial charge in [0.2, 0.25) is 0 Å². The Morgan fingerprint density at radius 1 is 1.70 bits per heavy atom. The first-order valence-electron chi connectivity index (χ1n) is 2.60. The van der Waals surface area contributed by atoms with Crippen LogP contribution in [-0.2, 0) is 0 Å². The summed E-state index contributed by atoms with van der Waals surface area (Å²) in [5, 5.41) is 0. The van der Waals surface area contributed by atoms with Crippen LogP contribution in [0.1, 0.15) is 10.5 Å². The zero-order chi connectivity index (χ0) is 7.56. The zero-order valence-corrected chi connectivity index (χ0v) is 5.04. The van der Waals surface area contributed by atoms with Crippen LogP contribution in [0.15, 0.2) is 12.3 Å². The molecular weight excluding hydrogens is 135 g/mol. The number of hydrogen-bond donors (Lipinski definition) is 1. The van der Waals surface area contributed by atoms with E-state index in [0.29, 0.717) is 6.29 Å². The van der Waals surface area contributed by atoms with E-state index >= 15 is 0 Å². The Bertz CT molecular complexity index is 262. The molecule has 4 heteroatoms. The molecule has 0 bridgehead atoms. The van der Waals surface area contributed by atoms with Gasteiger partial charge in [-0.2, -0.15) is 0 Å². The van der Waals surface area contributed by atoms with Gasteiger partial charge in [0.15, 0.2) is 12.1 Å². The minimum atomic E-state index is -0.685. The Labute approximate surface area is 56.7 Å². The van der Waals surface area contributed by atoms with Gasteiger partial charge in [-0.1, -0.05) is 0 Å². The van der Waals surface area contributed by atoms with Gasteiger partial charge in [-0.3, -0.25) is 4.79 Å². The quantitative estimate of drug-likeness (QED) is 0.581. The maximum absolute atomic E-state index is 12.5. The summed E-state index contributed by atoms with van der Waals surface area (Å²) in [6, 6.07) is 1.05. The van der Waals surface area contributed by atoms with E-state index in [0.717, 1.165) is 6.07 Å². The average molecular weight is 140 g/mol. The number of nitrogens with two attached hydrogens (primary N) is 1. The number of nitrogens with zero attached hydrogens (tertiary/aromatic N) is 1. The number of carbonyl (C=O) groups is 1. The van der Waals surface area contributed by atoms with Gasteiger partial charge in [0.05, 0.1) is 11.9 Å². The third kappa shape index (κ3) is 1.10. The van der Waals surface area contributed by atoms with E-state index in [1.54, 1.807) is 0 Å². The number of aromatic nitrogens is 1. The molecule has 1 heterocycles. The predicted octanol–water partition coefficient (Wildman–Crippen LogP) is 0.615. The van der Waals surface area contributed by atoms with Gasteiger partial charge in [-0.25, -0.2) is 9.37 Å². The van der Waals surface area contributed by atoms with Crippen LogP contribution in [0.4, 0.5) is 10.1 Å². The normalized spacial score (nSPS) is 9.30. The summed E-state index contributed by atoms with van der Waals surface area (Å²) < 4.78 is 12.5. The van der Waals surface area contributed by atoms with Crippen molar-refractivity contribution >= 4 is 12.0 Å². The van der Waals surface area contributed by atoms with Gasteiger partial charge in [-0.15, -0.1) is 0 Å². The molecule has 3 nitrogen and oxygen atoms in total. The fourth-order valence-corrected chi connectivity index (χ4v) is 0.550. The Hall–Kier alpha value is -1.45. The number of rotatable bonds is 1. The summed E-state index contributed by atoms with van der Waals surface area (Å²) in [4.78, 5) is 13.4. The highest BCUT2D eigenvalue weighted by Crippen LogP contribution is 2.05. The van der Waals surface area contributed by atoms with Crippen LogP contribution in [0, 0.1) is 5.82 Å². The second-order valence-corrected chi connectivity index (χ2v) is 1.75. The van der Waals surface area contributed by atoms with Crippen molar-refractivity contribution in [1.82, 2.24) is 4.98 Å². The van der Waals surface area contributed by atoms with E-state index in [-0.39, 0.29) is 11.4 Å². The predicted molar refractivity (Wildman–Crippen MR) is 34.0 cm³/mol.